The van der Waals surface area contributed by atoms with Crippen LogP contribution >= 0.6 is 0 Å². The fourth-order valence-corrected chi connectivity index (χ4v) is 4.04. The van der Waals surface area contributed by atoms with Gasteiger partial charge in [-0.3, -0.25) is 4.79 Å². The summed E-state index contributed by atoms with van der Waals surface area (Å²) in [5, 5.41) is 0. The molecule has 0 spiro atoms. The van der Waals surface area contributed by atoms with Crippen LogP contribution in [0.3, 0.4) is 0 Å². The van der Waals surface area contributed by atoms with Gasteiger partial charge in [-0.1, -0.05) is 19.1 Å². The Kier molecular flexibility index (Phi) is 7.64. The monoisotopic (exact) mass is 420 g/mol. The average molecular weight is 421 g/mol. The summed E-state index contributed by atoms with van der Waals surface area (Å²) < 4.78 is 37.7. The third kappa shape index (κ3) is 5.27. The van der Waals surface area contributed by atoms with Gasteiger partial charge in [-0.25, -0.2) is 13.1 Å². The van der Waals surface area contributed by atoms with E-state index < -0.39 is 10.0 Å². The van der Waals surface area contributed by atoms with Crippen molar-refractivity contribution in [2.75, 3.05) is 27.3 Å². The van der Waals surface area contributed by atoms with E-state index in [-0.39, 0.29) is 17.3 Å². The van der Waals surface area contributed by atoms with Crippen molar-refractivity contribution in [3.05, 3.63) is 53.1 Å². The molecule has 29 heavy (non-hydrogen) atoms. The van der Waals surface area contributed by atoms with Gasteiger partial charge in [0.2, 0.25) is 10.0 Å². The maximum atomic E-state index is 13.2. The van der Waals surface area contributed by atoms with Crippen molar-refractivity contribution in [3.63, 3.8) is 0 Å². The molecule has 8 heteroatoms. The van der Waals surface area contributed by atoms with E-state index in [1.807, 2.05) is 19.1 Å². The molecule has 0 atom stereocenters. The summed E-state index contributed by atoms with van der Waals surface area (Å²) in [7, 11) is -0.517. The first kappa shape index (κ1) is 22.7. The quantitative estimate of drug-likeness (QED) is 0.674. The Hall–Kier alpha value is -2.58. The normalized spacial score (nSPS) is 11.2. The van der Waals surface area contributed by atoms with Crippen molar-refractivity contribution in [2.45, 2.75) is 32.2 Å². The number of nitrogens with zero attached hydrogens (tertiary/aromatic N) is 1. The molecule has 0 aliphatic rings. The zero-order chi connectivity index (χ0) is 21.6. The fraction of sp³-hybridized carbons (Fsp3) is 0.381. The average Bonchev–Trinajstić information content (AvgIpc) is 2.71. The second-order valence-electron chi connectivity index (χ2n) is 6.49. The molecule has 0 heterocycles. The molecule has 2 aromatic rings. The van der Waals surface area contributed by atoms with Crippen LogP contribution in [-0.4, -0.2) is 46.5 Å². The Morgan fingerprint density at radius 3 is 2.31 bits per heavy atom. The molecule has 0 saturated heterocycles. The number of hydrogen-bond acceptors (Lipinski definition) is 5. The topological polar surface area (TPSA) is 84.9 Å². The molecule has 7 nitrogen and oxygen atoms in total. The molecule has 1 amide bonds. The van der Waals surface area contributed by atoms with Crippen LogP contribution in [0.4, 0.5) is 0 Å². The standard InChI is InChI=1S/C21H28N2O5S/c1-6-22-29(25,26)17-10-8-15(3)18(13-17)21(24)23(7-2)14-16-9-11-19(27-4)20(12-16)28-5/h8-13,22H,6-7,14H2,1-5H3. The van der Waals surface area contributed by atoms with Gasteiger partial charge in [-0.2, -0.15) is 0 Å². The highest BCUT2D eigenvalue weighted by Gasteiger charge is 2.21. The van der Waals surface area contributed by atoms with E-state index in [0.29, 0.717) is 30.2 Å². The van der Waals surface area contributed by atoms with Gasteiger partial charge in [-0.05, 0) is 49.2 Å². The number of methoxy groups -OCH3 is 2. The maximum Gasteiger partial charge on any atom is 0.254 e. The summed E-state index contributed by atoms with van der Waals surface area (Å²) >= 11 is 0. The Morgan fingerprint density at radius 2 is 1.72 bits per heavy atom. The van der Waals surface area contributed by atoms with Gasteiger partial charge in [0.1, 0.15) is 0 Å². The number of nitrogens with one attached hydrogen (secondary N) is 1. The lowest BCUT2D eigenvalue weighted by molar-refractivity contribution is 0.0751. The van der Waals surface area contributed by atoms with E-state index in [4.69, 9.17) is 9.47 Å². The minimum atomic E-state index is -3.64. The summed E-state index contributed by atoms with van der Waals surface area (Å²) in [4.78, 5) is 14.9. The lowest BCUT2D eigenvalue weighted by Crippen LogP contribution is -2.31. The number of rotatable bonds is 9. The molecule has 1 N–H and O–H groups in total. The molecule has 0 aliphatic heterocycles. The van der Waals surface area contributed by atoms with Crippen LogP contribution in [0.25, 0.3) is 0 Å². The number of benzene rings is 2. The van der Waals surface area contributed by atoms with E-state index in [2.05, 4.69) is 4.72 Å². The Morgan fingerprint density at radius 1 is 1.03 bits per heavy atom. The minimum Gasteiger partial charge on any atom is -0.493 e. The molecule has 0 unspecified atom stereocenters. The van der Waals surface area contributed by atoms with Gasteiger partial charge in [0.15, 0.2) is 11.5 Å². The largest absolute Gasteiger partial charge is 0.493 e. The highest BCUT2D eigenvalue weighted by molar-refractivity contribution is 7.89. The number of hydrogen-bond donors (Lipinski definition) is 1. The smallest absolute Gasteiger partial charge is 0.254 e. The lowest BCUT2D eigenvalue weighted by Gasteiger charge is -2.23. The highest BCUT2D eigenvalue weighted by Crippen LogP contribution is 2.28. The number of carbonyl (C=O) groups excluding carboxylic acids is 1. The van der Waals surface area contributed by atoms with Crippen LogP contribution in [0.1, 0.15) is 35.3 Å². The van der Waals surface area contributed by atoms with Crippen molar-refractivity contribution < 1.29 is 22.7 Å². The third-order valence-electron chi connectivity index (χ3n) is 4.57. The van der Waals surface area contributed by atoms with Crippen LogP contribution in [0.5, 0.6) is 11.5 Å². The molecular formula is C21H28N2O5S. The van der Waals surface area contributed by atoms with Gasteiger partial charge < -0.3 is 14.4 Å². The Labute approximate surface area is 172 Å². The first-order valence-corrected chi connectivity index (χ1v) is 10.9. The Balaban J connectivity index is 2.34. The summed E-state index contributed by atoms with van der Waals surface area (Å²) in [5.41, 5.74) is 1.97. The molecule has 2 rings (SSSR count). The van der Waals surface area contributed by atoms with Gasteiger partial charge in [0, 0.05) is 25.2 Å². The number of ether oxygens (including phenoxy) is 2. The SMILES string of the molecule is CCNS(=O)(=O)c1ccc(C)c(C(=O)N(CC)Cc2ccc(OC)c(OC)c2)c1. The maximum absolute atomic E-state index is 13.2. The highest BCUT2D eigenvalue weighted by atomic mass is 32.2. The predicted octanol–water partition coefficient (Wildman–Crippen LogP) is 2.97. The van der Waals surface area contributed by atoms with Gasteiger partial charge in [0.05, 0.1) is 19.1 Å². The molecule has 0 aromatic heterocycles. The molecule has 0 fully saturated rings. The van der Waals surface area contributed by atoms with E-state index in [9.17, 15) is 13.2 Å². The van der Waals surface area contributed by atoms with Crippen LogP contribution in [0.2, 0.25) is 0 Å². The van der Waals surface area contributed by atoms with E-state index in [1.165, 1.54) is 12.1 Å². The zero-order valence-electron chi connectivity index (χ0n) is 17.5. The van der Waals surface area contributed by atoms with Gasteiger partial charge in [0.25, 0.3) is 5.91 Å². The van der Waals surface area contributed by atoms with Crippen molar-refractivity contribution >= 4 is 15.9 Å². The van der Waals surface area contributed by atoms with Crippen molar-refractivity contribution in [1.29, 1.82) is 0 Å². The molecule has 158 valence electrons. The first-order chi connectivity index (χ1) is 13.8. The minimum absolute atomic E-state index is 0.0791. The van der Waals surface area contributed by atoms with E-state index in [0.717, 1.165) is 11.1 Å². The summed E-state index contributed by atoms with van der Waals surface area (Å²) in [6, 6.07) is 10.1. The second-order valence-corrected chi connectivity index (χ2v) is 8.25. The first-order valence-electron chi connectivity index (χ1n) is 9.37. The van der Waals surface area contributed by atoms with E-state index >= 15 is 0 Å². The van der Waals surface area contributed by atoms with Gasteiger partial charge >= 0.3 is 0 Å². The predicted molar refractivity (Wildman–Crippen MR) is 112 cm³/mol. The number of amides is 1. The number of sulfonamides is 1. The van der Waals surface area contributed by atoms with Crippen LogP contribution in [0, 0.1) is 6.92 Å². The number of aryl methyl sites for hydroxylation is 1. The second kappa shape index (κ2) is 9.76. The molecule has 2 aromatic carbocycles. The zero-order valence-corrected chi connectivity index (χ0v) is 18.3. The summed E-state index contributed by atoms with van der Waals surface area (Å²) in [6.07, 6.45) is 0. The van der Waals surface area contributed by atoms with Crippen LogP contribution < -0.4 is 14.2 Å². The van der Waals surface area contributed by atoms with Crippen molar-refractivity contribution in [1.82, 2.24) is 9.62 Å². The molecule has 0 saturated carbocycles. The molecule has 0 aliphatic carbocycles. The van der Waals surface area contributed by atoms with Crippen LogP contribution in [-0.2, 0) is 16.6 Å². The lowest BCUT2D eigenvalue weighted by atomic mass is 10.1. The molecule has 0 bridgehead atoms. The van der Waals surface area contributed by atoms with E-state index in [1.54, 1.807) is 45.1 Å². The van der Waals surface area contributed by atoms with Crippen LogP contribution in [0.15, 0.2) is 41.3 Å². The van der Waals surface area contributed by atoms with Gasteiger partial charge in [-0.15, -0.1) is 0 Å². The molecule has 0 radical (unpaired) electrons. The van der Waals surface area contributed by atoms with Crippen molar-refractivity contribution in [3.8, 4) is 11.5 Å². The molecular weight excluding hydrogens is 392 g/mol. The Bertz CT molecular complexity index is 973. The van der Waals surface area contributed by atoms with Crippen molar-refractivity contribution in [2.24, 2.45) is 0 Å². The fourth-order valence-electron chi connectivity index (χ4n) is 2.97. The summed E-state index contributed by atoms with van der Waals surface area (Å²) in [5.74, 6) is 0.972. The summed E-state index contributed by atoms with van der Waals surface area (Å²) in [6.45, 7) is 6.49. The number of carbonyl (C=O) groups is 1. The third-order valence-corrected chi connectivity index (χ3v) is 6.12.